The van der Waals surface area contributed by atoms with Crippen LogP contribution < -0.4 is 15.7 Å². The van der Waals surface area contributed by atoms with Gasteiger partial charge in [-0.05, 0) is 34.7 Å². The largest absolute Gasteiger partial charge is 2.00 e. The summed E-state index contributed by atoms with van der Waals surface area (Å²) in [5, 5.41) is 4.03. The van der Waals surface area contributed by atoms with Gasteiger partial charge in [-0.3, -0.25) is 9.97 Å². The van der Waals surface area contributed by atoms with E-state index in [2.05, 4.69) is 23.2 Å². The SMILES string of the molecule is [Pt+2].[c-]1ccccc1-c1cccc(/C=c2\[n-]/c(=C\c3ccccn3)c3ccccc23)n1. The molecule has 0 bridgehead atoms. The first-order valence-electron chi connectivity index (χ1n) is 9.47. The maximum atomic E-state index is 4.88. The normalized spacial score (nSPS) is 12.1. The molecule has 0 aliphatic rings. The van der Waals surface area contributed by atoms with Crippen molar-refractivity contribution in [3.63, 3.8) is 0 Å². The number of benzene rings is 2. The fourth-order valence-electron chi connectivity index (χ4n) is 3.38. The molecule has 0 saturated carbocycles. The molecule has 5 aromatic rings. The number of nitrogens with zero attached hydrogens (tertiary/aromatic N) is 3. The number of fused-ring (bicyclic) bond motifs is 1. The van der Waals surface area contributed by atoms with Crippen LogP contribution in [0.2, 0.25) is 0 Å². The van der Waals surface area contributed by atoms with Crippen LogP contribution in [0.1, 0.15) is 11.4 Å². The van der Waals surface area contributed by atoms with Gasteiger partial charge in [0.15, 0.2) is 0 Å². The molecule has 3 aromatic heterocycles. The van der Waals surface area contributed by atoms with Gasteiger partial charge in [0.25, 0.3) is 0 Å². The standard InChI is InChI=1S/C26H17N3.Pt/c1-2-9-19(10-3-1)24-15-8-12-21(28-24)18-26-23-14-5-4-13-22(23)25(29-26)17-20-11-6-7-16-27-20;/h1-9,11-18H;/q-2;+2/b25-17-,26-18-;. The van der Waals surface area contributed by atoms with Crippen molar-refractivity contribution in [2.24, 2.45) is 0 Å². The van der Waals surface area contributed by atoms with Crippen molar-refractivity contribution in [1.29, 1.82) is 0 Å². The summed E-state index contributed by atoms with van der Waals surface area (Å²) < 4.78 is 0. The Hall–Kier alpha value is -3.29. The van der Waals surface area contributed by atoms with Crippen molar-refractivity contribution in [1.82, 2.24) is 15.0 Å². The van der Waals surface area contributed by atoms with Crippen molar-refractivity contribution in [3.8, 4) is 11.3 Å². The Bertz CT molecular complexity index is 1390. The fourth-order valence-corrected chi connectivity index (χ4v) is 3.38. The van der Waals surface area contributed by atoms with Gasteiger partial charge in [0, 0.05) is 6.20 Å². The van der Waals surface area contributed by atoms with E-state index in [1.54, 1.807) is 6.20 Å². The molecular weight excluding hydrogens is 549 g/mol. The van der Waals surface area contributed by atoms with Gasteiger partial charge < -0.3 is 4.98 Å². The maximum absolute atomic E-state index is 4.88. The van der Waals surface area contributed by atoms with Gasteiger partial charge in [-0.15, -0.1) is 46.6 Å². The van der Waals surface area contributed by atoms with E-state index >= 15 is 0 Å². The summed E-state index contributed by atoms with van der Waals surface area (Å²) in [5.74, 6) is 0. The van der Waals surface area contributed by atoms with E-state index in [0.29, 0.717) is 0 Å². The minimum Gasteiger partial charge on any atom is -0.657 e. The summed E-state index contributed by atoms with van der Waals surface area (Å²) in [7, 11) is 0. The Balaban J connectivity index is 0.00000218. The molecule has 0 amide bonds. The van der Waals surface area contributed by atoms with E-state index in [1.165, 1.54) is 0 Å². The molecule has 0 aliphatic heterocycles. The Labute approximate surface area is 189 Å². The second kappa shape index (κ2) is 9.02. The summed E-state index contributed by atoms with van der Waals surface area (Å²) in [5.41, 5.74) is 3.64. The number of pyridine rings is 2. The summed E-state index contributed by atoms with van der Waals surface area (Å²) in [4.78, 5) is 14.1. The molecule has 4 heteroatoms. The molecule has 146 valence electrons. The molecular formula is C26H17N3Pt. The van der Waals surface area contributed by atoms with Crippen molar-refractivity contribution in [2.45, 2.75) is 0 Å². The van der Waals surface area contributed by atoms with Crippen LogP contribution in [0.4, 0.5) is 0 Å². The zero-order chi connectivity index (χ0) is 19.5. The Morgan fingerprint density at radius 1 is 0.700 bits per heavy atom. The van der Waals surface area contributed by atoms with Gasteiger partial charge in [0.1, 0.15) is 0 Å². The molecule has 2 aromatic carbocycles. The third-order valence-corrected chi connectivity index (χ3v) is 4.73. The molecule has 3 nitrogen and oxygen atoms in total. The van der Waals surface area contributed by atoms with Crippen molar-refractivity contribution >= 4 is 22.9 Å². The molecule has 0 saturated heterocycles. The summed E-state index contributed by atoms with van der Waals surface area (Å²) in [6.07, 6.45) is 5.84. The zero-order valence-electron chi connectivity index (χ0n) is 16.0. The first-order chi connectivity index (χ1) is 14.4. The van der Waals surface area contributed by atoms with Crippen molar-refractivity contribution < 1.29 is 21.1 Å². The fraction of sp³-hybridized carbons (Fsp3) is 0. The molecule has 0 unspecified atom stereocenters. The van der Waals surface area contributed by atoms with Gasteiger partial charge in [-0.25, -0.2) is 0 Å². The molecule has 0 atom stereocenters. The molecule has 0 radical (unpaired) electrons. The monoisotopic (exact) mass is 566 g/mol. The molecule has 5 rings (SSSR count). The average molecular weight is 567 g/mol. The molecule has 30 heavy (non-hydrogen) atoms. The Morgan fingerprint density at radius 2 is 1.40 bits per heavy atom. The van der Waals surface area contributed by atoms with Crippen LogP contribution >= 0.6 is 0 Å². The first-order valence-corrected chi connectivity index (χ1v) is 9.47. The van der Waals surface area contributed by atoms with E-state index in [4.69, 9.17) is 9.97 Å². The van der Waals surface area contributed by atoms with E-state index in [-0.39, 0.29) is 21.1 Å². The quantitative estimate of drug-likeness (QED) is 0.313. The number of rotatable bonds is 3. The molecule has 3 heterocycles. The van der Waals surface area contributed by atoms with Crippen LogP contribution in [-0.4, -0.2) is 9.97 Å². The smallest absolute Gasteiger partial charge is 0.657 e. The molecule has 0 N–H and O–H groups in total. The van der Waals surface area contributed by atoms with E-state index < -0.39 is 0 Å². The number of hydrogen-bond acceptors (Lipinski definition) is 2. The second-order valence-corrected chi connectivity index (χ2v) is 6.70. The first kappa shape index (κ1) is 20.0. The van der Waals surface area contributed by atoms with E-state index in [1.807, 2.05) is 84.9 Å². The van der Waals surface area contributed by atoms with Crippen LogP contribution in [0.15, 0.2) is 91.1 Å². The summed E-state index contributed by atoms with van der Waals surface area (Å²) >= 11 is 0. The van der Waals surface area contributed by atoms with Crippen LogP contribution in [0, 0.1) is 6.07 Å². The summed E-state index contributed by atoms with van der Waals surface area (Å²) in [6, 6.07) is 31.3. The Morgan fingerprint density at radius 3 is 2.10 bits per heavy atom. The number of aromatic nitrogens is 3. The Kier molecular flexibility index (Phi) is 6.01. The third kappa shape index (κ3) is 4.17. The minimum absolute atomic E-state index is 0. The van der Waals surface area contributed by atoms with E-state index in [0.717, 1.165) is 44.1 Å². The minimum atomic E-state index is 0. The van der Waals surface area contributed by atoms with Crippen molar-refractivity contribution in [2.75, 3.05) is 0 Å². The molecule has 0 spiro atoms. The number of hydrogen-bond donors (Lipinski definition) is 0. The average Bonchev–Trinajstić information content (AvgIpc) is 3.12. The van der Waals surface area contributed by atoms with E-state index in [9.17, 15) is 0 Å². The van der Waals surface area contributed by atoms with Gasteiger partial charge in [0.05, 0.1) is 11.4 Å². The summed E-state index contributed by atoms with van der Waals surface area (Å²) in [6.45, 7) is 0. The van der Waals surface area contributed by atoms with Gasteiger partial charge >= 0.3 is 21.1 Å². The predicted octanol–water partition coefficient (Wildman–Crippen LogP) is 3.71. The zero-order valence-corrected chi connectivity index (χ0v) is 18.2. The van der Waals surface area contributed by atoms with Gasteiger partial charge in [-0.2, -0.15) is 0 Å². The van der Waals surface area contributed by atoms with Crippen LogP contribution in [0.5, 0.6) is 0 Å². The second-order valence-electron chi connectivity index (χ2n) is 6.70. The molecule has 0 aliphatic carbocycles. The molecule has 0 fully saturated rings. The van der Waals surface area contributed by atoms with Gasteiger partial charge in [0.2, 0.25) is 0 Å². The van der Waals surface area contributed by atoms with Crippen LogP contribution in [0.3, 0.4) is 0 Å². The maximum Gasteiger partial charge on any atom is 2.00 e. The van der Waals surface area contributed by atoms with Crippen molar-refractivity contribution in [3.05, 3.63) is 119 Å². The third-order valence-electron chi connectivity index (χ3n) is 4.73. The van der Waals surface area contributed by atoms with Gasteiger partial charge in [-0.1, -0.05) is 54.6 Å². The predicted molar refractivity (Wildman–Crippen MR) is 116 cm³/mol. The van der Waals surface area contributed by atoms with Crippen LogP contribution in [0.25, 0.3) is 34.2 Å². The van der Waals surface area contributed by atoms with Crippen LogP contribution in [-0.2, 0) is 21.1 Å². The topological polar surface area (TPSA) is 39.9 Å².